The first-order valence-electron chi connectivity index (χ1n) is 7.49. The van der Waals surface area contributed by atoms with Crippen LogP contribution in [-0.4, -0.2) is 30.0 Å². The first-order valence-corrected chi connectivity index (χ1v) is 7.49. The molecule has 1 fully saturated rings. The van der Waals surface area contributed by atoms with Crippen LogP contribution in [-0.2, 0) is 11.3 Å². The molecule has 0 atom stereocenters. The van der Waals surface area contributed by atoms with Gasteiger partial charge in [-0.1, -0.05) is 31.4 Å². The number of halogens is 3. The number of hydrogen-bond donors (Lipinski definition) is 1. The summed E-state index contributed by atoms with van der Waals surface area (Å²) in [6.45, 7) is -2.44. The van der Waals surface area contributed by atoms with Gasteiger partial charge in [-0.15, -0.1) is 12.4 Å². The zero-order valence-electron chi connectivity index (χ0n) is 13.1. The molecule has 1 aromatic carbocycles. The van der Waals surface area contributed by atoms with Crippen LogP contribution in [0.2, 0.25) is 0 Å². The van der Waals surface area contributed by atoms with E-state index in [2.05, 4.69) is 4.74 Å². The van der Waals surface area contributed by atoms with Gasteiger partial charge in [0, 0.05) is 13.6 Å². The summed E-state index contributed by atoms with van der Waals surface area (Å²) in [5.41, 5.74) is 6.33. The van der Waals surface area contributed by atoms with Crippen molar-refractivity contribution in [2.45, 2.75) is 50.8 Å². The Morgan fingerprint density at radius 3 is 2.35 bits per heavy atom. The Morgan fingerprint density at radius 1 is 1.26 bits per heavy atom. The van der Waals surface area contributed by atoms with Crippen molar-refractivity contribution >= 4 is 18.3 Å². The molecule has 23 heavy (non-hydrogen) atoms. The summed E-state index contributed by atoms with van der Waals surface area (Å²) in [7, 11) is 1.72. The molecule has 0 bridgehead atoms. The Balaban J connectivity index is 0.00000264. The van der Waals surface area contributed by atoms with Crippen molar-refractivity contribution in [3.8, 4) is 5.75 Å². The summed E-state index contributed by atoms with van der Waals surface area (Å²) in [4.78, 5) is 14.1. The monoisotopic (exact) mass is 348 g/mol. The highest BCUT2D eigenvalue weighted by Gasteiger charge is 2.37. The molecule has 0 heterocycles. The molecule has 1 aliphatic rings. The van der Waals surface area contributed by atoms with Crippen LogP contribution in [0, 0.1) is 0 Å². The number of carbonyl (C=O) groups is 1. The summed E-state index contributed by atoms with van der Waals surface area (Å²) in [6, 6.07) is 6.29. The molecule has 0 spiro atoms. The minimum absolute atomic E-state index is 0. The Hall–Kier alpha value is -1.40. The van der Waals surface area contributed by atoms with E-state index in [1.54, 1.807) is 24.1 Å². The van der Waals surface area contributed by atoms with Crippen LogP contribution in [0.3, 0.4) is 0 Å². The maximum atomic E-state index is 12.5. The Kier molecular flexibility index (Phi) is 7.22. The van der Waals surface area contributed by atoms with E-state index in [-0.39, 0.29) is 24.1 Å². The molecule has 0 aromatic heterocycles. The van der Waals surface area contributed by atoms with Crippen molar-refractivity contribution in [2.75, 3.05) is 7.05 Å². The second-order valence-corrected chi connectivity index (χ2v) is 5.90. The number of alkyl halides is 2. The molecule has 0 unspecified atom stereocenters. The molecule has 1 aliphatic carbocycles. The largest absolute Gasteiger partial charge is 0.435 e. The van der Waals surface area contributed by atoms with Gasteiger partial charge in [-0.2, -0.15) is 8.78 Å². The van der Waals surface area contributed by atoms with Crippen LogP contribution in [0.25, 0.3) is 0 Å². The molecule has 1 saturated carbocycles. The molecule has 7 heteroatoms. The van der Waals surface area contributed by atoms with E-state index in [9.17, 15) is 13.6 Å². The summed E-state index contributed by atoms with van der Waals surface area (Å²) in [5, 5.41) is 0. The number of ether oxygens (including phenoxy) is 1. The van der Waals surface area contributed by atoms with Gasteiger partial charge in [0.05, 0.1) is 5.54 Å². The van der Waals surface area contributed by atoms with Crippen LogP contribution in [0.5, 0.6) is 5.75 Å². The Labute approximate surface area is 141 Å². The lowest BCUT2D eigenvalue weighted by Crippen LogP contribution is -2.55. The van der Waals surface area contributed by atoms with E-state index in [0.717, 1.165) is 37.7 Å². The maximum Gasteiger partial charge on any atom is 0.387 e. The van der Waals surface area contributed by atoms with Gasteiger partial charge in [0.15, 0.2) is 0 Å². The highest BCUT2D eigenvalue weighted by atomic mass is 35.5. The molecule has 1 aromatic rings. The minimum Gasteiger partial charge on any atom is -0.435 e. The SMILES string of the molecule is CN(Cc1ccc(OC(F)F)cc1)C(=O)C1(N)CCCCC1.Cl. The number of nitrogens with zero attached hydrogens (tertiary/aromatic N) is 1. The van der Waals surface area contributed by atoms with Crippen molar-refractivity contribution < 1.29 is 18.3 Å². The molecular weight excluding hydrogens is 326 g/mol. The number of carbonyl (C=O) groups excluding carboxylic acids is 1. The fourth-order valence-corrected chi connectivity index (χ4v) is 2.90. The minimum atomic E-state index is -2.83. The van der Waals surface area contributed by atoms with Gasteiger partial charge >= 0.3 is 6.61 Å². The third-order valence-corrected chi connectivity index (χ3v) is 4.09. The van der Waals surface area contributed by atoms with Crippen LogP contribution >= 0.6 is 12.4 Å². The zero-order valence-corrected chi connectivity index (χ0v) is 14.0. The molecule has 4 nitrogen and oxygen atoms in total. The summed E-state index contributed by atoms with van der Waals surface area (Å²) in [6.07, 6.45) is 4.53. The number of amides is 1. The highest BCUT2D eigenvalue weighted by Crippen LogP contribution is 2.28. The molecular formula is C16H23ClF2N2O2. The van der Waals surface area contributed by atoms with Crippen LogP contribution in [0.4, 0.5) is 8.78 Å². The quantitative estimate of drug-likeness (QED) is 0.888. The fraction of sp³-hybridized carbons (Fsp3) is 0.562. The summed E-state index contributed by atoms with van der Waals surface area (Å²) >= 11 is 0. The number of rotatable bonds is 5. The second kappa shape index (κ2) is 8.45. The highest BCUT2D eigenvalue weighted by molar-refractivity contribution is 5.86. The maximum absolute atomic E-state index is 12.5. The Morgan fingerprint density at radius 2 is 1.83 bits per heavy atom. The predicted molar refractivity (Wildman–Crippen MR) is 86.8 cm³/mol. The molecule has 130 valence electrons. The lowest BCUT2D eigenvalue weighted by atomic mass is 9.81. The van der Waals surface area contributed by atoms with Crippen molar-refractivity contribution in [3.05, 3.63) is 29.8 Å². The van der Waals surface area contributed by atoms with Crippen molar-refractivity contribution in [2.24, 2.45) is 5.73 Å². The standard InChI is InChI=1S/C16H22F2N2O2.ClH/c1-20(14(21)16(19)9-3-2-4-10-16)11-12-5-7-13(8-6-12)22-15(17)18;/h5-8,15H,2-4,9-11,19H2,1H3;1H. The van der Waals surface area contributed by atoms with Crippen LogP contribution in [0.15, 0.2) is 24.3 Å². The van der Waals surface area contributed by atoms with Gasteiger partial charge in [0.2, 0.25) is 5.91 Å². The summed E-state index contributed by atoms with van der Waals surface area (Å²) < 4.78 is 28.5. The number of nitrogens with two attached hydrogens (primary N) is 1. The van der Waals surface area contributed by atoms with Gasteiger partial charge < -0.3 is 15.4 Å². The number of hydrogen-bond acceptors (Lipinski definition) is 3. The van der Waals surface area contributed by atoms with Crippen LogP contribution < -0.4 is 10.5 Å². The van der Waals surface area contributed by atoms with E-state index in [1.807, 2.05) is 0 Å². The smallest absolute Gasteiger partial charge is 0.387 e. The third kappa shape index (κ3) is 5.32. The fourth-order valence-electron chi connectivity index (χ4n) is 2.90. The molecule has 1 amide bonds. The van der Waals surface area contributed by atoms with Gasteiger partial charge in [0.25, 0.3) is 0 Å². The average Bonchev–Trinajstić information content (AvgIpc) is 2.48. The Bertz CT molecular complexity index is 505. The first-order chi connectivity index (χ1) is 10.4. The molecule has 0 saturated heterocycles. The van der Waals surface area contributed by atoms with E-state index in [1.165, 1.54) is 12.1 Å². The molecule has 2 rings (SSSR count). The number of benzene rings is 1. The predicted octanol–water partition coefficient (Wildman–Crippen LogP) is 3.33. The first kappa shape index (κ1) is 19.6. The zero-order chi connectivity index (χ0) is 16.2. The van der Waals surface area contributed by atoms with E-state index in [0.29, 0.717) is 6.54 Å². The van der Waals surface area contributed by atoms with E-state index < -0.39 is 12.2 Å². The number of likely N-dealkylation sites (N-methyl/N-ethyl adjacent to an activating group) is 1. The van der Waals surface area contributed by atoms with Gasteiger partial charge in [-0.3, -0.25) is 4.79 Å². The third-order valence-electron chi connectivity index (χ3n) is 4.09. The van der Waals surface area contributed by atoms with Gasteiger partial charge in [0.1, 0.15) is 5.75 Å². The average molecular weight is 349 g/mol. The van der Waals surface area contributed by atoms with Crippen LogP contribution in [0.1, 0.15) is 37.7 Å². The van der Waals surface area contributed by atoms with Gasteiger partial charge in [-0.05, 0) is 30.5 Å². The normalized spacial score (nSPS) is 16.6. The van der Waals surface area contributed by atoms with E-state index in [4.69, 9.17) is 5.73 Å². The topological polar surface area (TPSA) is 55.6 Å². The molecule has 2 N–H and O–H groups in total. The van der Waals surface area contributed by atoms with Crippen molar-refractivity contribution in [1.29, 1.82) is 0 Å². The van der Waals surface area contributed by atoms with E-state index >= 15 is 0 Å². The lowest BCUT2D eigenvalue weighted by molar-refractivity contribution is -0.137. The second-order valence-electron chi connectivity index (χ2n) is 5.90. The molecule has 0 aliphatic heterocycles. The summed E-state index contributed by atoms with van der Waals surface area (Å²) in [5.74, 6) is 0.0513. The van der Waals surface area contributed by atoms with Crippen molar-refractivity contribution in [1.82, 2.24) is 4.90 Å². The van der Waals surface area contributed by atoms with Crippen molar-refractivity contribution in [3.63, 3.8) is 0 Å². The van der Waals surface area contributed by atoms with Gasteiger partial charge in [-0.25, -0.2) is 0 Å². The molecule has 0 radical (unpaired) electrons. The lowest BCUT2D eigenvalue weighted by Gasteiger charge is -2.35.